The van der Waals surface area contributed by atoms with Crippen molar-refractivity contribution in [2.45, 2.75) is 17.7 Å². The van der Waals surface area contributed by atoms with Crippen LogP contribution in [-0.2, 0) is 26.5 Å². The monoisotopic (exact) mass is 444 g/mol. The second-order valence-electron chi connectivity index (χ2n) is 5.66. The molecule has 0 aromatic heterocycles. The number of benzene rings is 2. The van der Waals surface area contributed by atoms with E-state index in [0.717, 1.165) is 5.56 Å². The van der Waals surface area contributed by atoms with Crippen LogP contribution in [0.5, 0.6) is 0 Å². The van der Waals surface area contributed by atoms with Crippen LogP contribution in [0.3, 0.4) is 0 Å². The molecule has 134 valence electrons. The zero-order valence-corrected chi connectivity index (χ0v) is 16.4. The minimum absolute atomic E-state index is 0.203. The van der Waals surface area contributed by atoms with E-state index in [-0.39, 0.29) is 9.56 Å². The smallest absolute Gasteiger partial charge is 0.264 e. The molecule has 2 aromatic rings. The predicted molar refractivity (Wildman–Crippen MR) is 102 cm³/mol. The van der Waals surface area contributed by atoms with E-state index in [2.05, 4.69) is 20.7 Å². The third kappa shape index (κ3) is 3.83. The van der Waals surface area contributed by atoms with E-state index in [0.29, 0.717) is 30.8 Å². The number of fused-ring (bicyclic) bond motifs is 1. The Labute approximate surface area is 156 Å². The third-order valence-corrected chi connectivity index (χ3v) is 8.37. The lowest BCUT2D eigenvalue weighted by Gasteiger charge is -2.30. The average molecular weight is 445 g/mol. The van der Waals surface area contributed by atoms with Gasteiger partial charge in [0.05, 0.1) is 10.6 Å². The second-order valence-corrected chi connectivity index (χ2v) is 10.6. The summed E-state index contributed by atoms with van der Waals surface area (Å²) in [6.07, 6.45) is 1.37. The number of halogens is 1. The topological polar surface area (TPSA) is 83.6 Å². The fraction of sp³-hybridized carbons (Fsp3) is 0.250. The fourth-order valence-electron chi connectivity index (χ4n) is 2.80. The third-order valence-electron chi connectivity index (χ3n) is 3.90. The van der Waals surface area contributed by atoms with Crippen molar-refractivity contribution >= 4 is 47.4 Å². The van der Waals surface area contributed by atoms with Crippen LogP contribution in [0.2, 0.25) is 0 Å². The normalized spacial score (nSPS) is 14.8. The molecule has 3 rings (SSSR count). The molecule has 0 fully saturated rings. The Morgan fingerprint density at radius 3 is 2.44 bits per heavy atom. The van der Waals surface area contributed by atoms with Gasteiger partial charge in [-0.2, -0.15) is 0 Å². The molecule has 1 heterocycles. The van der Waals surface area contributed by atoms with Crippen molar-refractivity contribution in [1.82, 2.24) is 0 Å². The summed E-state index contributed by atoms with van der Waals surface area (Å²) >= 11 is 2.93. The molecule has 0 saturated heterocycles. The summed E-state index contributed by atoms with van der Waals surface area (Å²) in [4.78, 5) is 0.243. The zero-order valence-electron chi connectivity index (χ0n) is 13.2. The van der Waals surface area contributed by atoms with Gasteiger partial charge in [0.15, 0.2) is 0 Å². The van der Waals surface area contributed by atoms with Gasteiger partial charge in [-0.05, 0) is 48.7 Å². The van der Waals surface area contributed by atoms with Crippen molar-refractivity contribution in [3.8, 4) is 0 Å². The van der Waals surface area contributed by atoms with Crippen molar-refractivity contribution in [2.24, 2.45) is 0 Å². The first kappa shape index (κ1) is 18.2. The minimum atomic E-state index is -3.64. The van der Waals surface area contributed by atoms with Crippen molar-refractivity contribution in [3.63, 3.8) is 0 Å². The lowest BCUT2D eigenvalue weighted by Crippen LogP contribution is -2.35. The number of aryl methyl sites for hydroxylation is 1. The number of hydrogen-bond donors (Lipinski definition) is 1. The highest BCUT2D eigenvalue weighted by Gasteiger charge is 2.29. The number of rotatable bonds is 5. The van der Waals surface area contributed by atoms with Crippen LogP contribution >= 0.6 is 15.9 Å². The maximum absolute atomic E-state index is 12.9. The van der Waals surface area contributed by atoms with Gasteiger partial charge in [-0.25, -0.2) is 16.8 Å². The van der Waals surface area contributed by atoms with E-state index < -0.39 is 20.0 Å². The van der Waals surface area contributed by atoms with Gasteiger partial charge in [-0.15, -0.1) is 0 Å². The Bertz CT molecular complexity index is 976. The first-order valence-corrected chi connectivity index (χ1v) is 11.8. The van der Waals surface area contributed by atoms with E-state index in [4.69, 9.17) is 0 Å². The lowest BCUT2D eigenvalue weighted by molar-refractivity contribution is 0.586. The highest BCUT2D eigenvalue weighted by Crippen LogP contribution is 2.34. The summed E-state index contributed by atoms with van der Waals surface area (Å²) in [6, 6.07) is 13.2. The van der Waals surface area contributed by atoms with Crippen LogP contribution in [0.4, 0.5) is 11.4 Å². The molecule has 0 saturated carbocycles. The number of anilines is 2. The van der Waals surface area contributed by atoms with Gasteiger partial charge in [0.2, 0.25) is 10.0 Å². The molecule has 0 aliphatic carbocycles. The molecule has 1 aliphatic rings. The van der Waals surface area contributed by atoms with Crippen molar-refractivity contribution in [2.75, 3.05) is 20.2 Å². The van der Waals surface area contributed by atoms with E-state index in [1.54, 1.807) is 48.5 Å². The molecule has 6 nitrogen and oxygen atoms in total. The van der Waals surface area contributed by atoms with Crippen LogP contribution in [0.15, 0.2) is 53.4 Å². The maximum atomic E-state index is 12.9. The van der Waals surface area contributed by atoms with Crippen LogP contribution in [0.25, 0.3) is 0 Å². The number of nitrogens with zero attached hydrogens (tertiary/aromatic N) is 1. The molecule has 0 spiro atoms. The fourth-order valence-corrected chi connectivity index (χ4v) is 5.25. The molecule has 0 unspecified atom stereocenters. The molecular formula is C16H17BrN2O4S2. The Morgan fingerprint density at radius 1 is 1.04 bits per heavy atom. The summed E-state index contributed by atoms with van der Waals surface area (Å²) in [5.41, 5.74) is 1.83. The van der Waals surface area contributed by atoms with E-state index >= 15 is 0 Å². The van der Waals surface area contributed by atoms with Gasteiger partial charge >= 0.3 is 0 Å². The number of hydrogen-bond acceptors (Lipinski definition) is 4. The highest BCUT2D eigenvalue weighted by molar-refractivity contribution is 9.10. The summed E-state index contributed by atoms with van der Waals surface area (Å²) in [6.45, 7) is 0.400. The Kier molecular flexibility index (Phi) is 5.08. The van der Waals surface area contributed by atoms with Gasteiger partial charge in [-0.3, -0.25) is 9.03 Å². The Hall–Kier alpha value is -1.58. The summed E-state index contributed by atoms with van der Waals surface area (Å²) in [5, 5.41) is 0. The summed E-state index contributed by atoms with van der Waals surface area (Å²) < 4.78 is 52.8. The highest BCUT2D eigenvalue weighted by atomic mass is 79.9. The largest absolute Gasteiger partial charge is 0.283 e. The SMILES string of the molecule is O=S(=O)(CBr)Nc1ccc2c(c1)CCCN2S(=O)(=O)c1ccccc1. The number of alkyl halides is 1. The molecule has 9 heteroatoms. The average Bonchev–Trinajstić information content (AvgIpc) is 2.61. The van der Waals surface area contributed by atoms with Crippen molar-refractivity contribution in [3.05, 3.63) is 54.1 Å². The van der Waals surface area contributed by atoms with Gasteiger partial charge in [-0.1, -0.05) is 34.1 Å². The molecule has 1 aliphatic heterocycles. The molecule has 1 N–H and O–H groups in total. The summed E-state index contributed by atoms with van der Waals surface area (Å²) in [5.74, 6) is 0. The van der Waals surface area contributed by atoms with E-state index in [1.807, 2.05) is 0 Å². The standard InChI is InChI=1S/C16H17BrN2O4S2/c17-12-24(20,21)18-14-8-9-16-13(11-14)5-4-10-19(16)25(22,23)15-6-2-1-3-7-15/h1-3,6-9,11,18H,4-5,10,12H2. The first-order chi connectivity index (χ1) is 11.8. The van der Waals surface area contributed by atoms with E-state index in [1.165, 1.54) is 4.31 Å². The van der Waals surface area contributed by atoms with Crippen molar-refractivity contribution in [1.29, 1.82) is 0 Å². The van der Waals surface area contributed by atoms with Gasteiger partial charge < -0.3 is 0 Å². The van der Waals surface area contributed by atoms with Gasteiger partial charge in [0.1, 0.15) is 4.66 Å². The minimum Gasteiger partial charge on any atom is -0.283 e. The second kappa shape index (κ2) is 6.97. The number of nitrogens with one attached hydrogen (secondary N) is 1. The molecule has 0 amide bonds. The Balaban J connectivity index is 1.98. The zero-order chi connectivity index (χ0) is 18.1. The quantitative estimate of drug-likeness (QED) is 0.718. The lowest BCUT2D eigenvalue weighted by atomic mass is 10.0. The predicted octanol–water partition coefficient (Wildman–Crippen LogP) is 2.92. The van der Waals surface area contributed by atoms with Crippen LogP contribution < -0.4 is 9.03 Å². The molecule has 25 heavy (non-hydrogen) atoms. The molecule has 0 bridgehead atoms. The summed E-state index contributed by atoms with van der Waals surface area (Å²) in [7, 11) is -7.09. The van der Waals surface area contributed by atoms with Crippen LogP contribution in [-0.4, -0.2) is 28.0 Å². The van der Waals surface area contributed by atoms with Crippen molar-refractivity contribution < 1.29 is 16.8 Å². The Morgan fingerprint density at radius 2 is 1.76 bits per heavy atom. The molecule has 0 radical (unpaired) electrons. The first-order valence-electron chi connectivity index (χ1n) is 7.61. The van der Waals surface area contributed by atoms with Crippen LogP contribution in [0, 0.1) is 0 Å². The van der Waals surface area contributed by atoms with Gasteiger partial charge in [0, 0.05) is 12.2 Å². The number of sulfonamides is 2. The van der Waals surface area contributed by atoms with Crippen LogP contribution in [0.1, 0.15) is 12.0 Å². The van der Waals surface area contributed by atoms with Gasteiger partial charge in [0.25, 0.3) is 10.0 Å². The maximum Gasteiger partial charge on any atom is 0.264 e. The molecule has 0 atom stereocenters. The molecule has 2 aromatic carbocycles. The molecular weight excluding hydrogens is 428 g/mol. The van der Waals surface area contributed by atoms with E-state index in [9.17, 15) is 16.8 Å².